The average molecular weight is 351 g/mol. The van der Waals surface area contributed by atoms with Crippen molar-refractivity contribution >= 4 is 22.6 Å². The van der Waals surface area contributed by atoms with E-state index in [1.165, 1.54) is 10.4 Å². The number of nitrogens with one attached hydrogen (secondary N) is 1. The molecular weight excluding hydrogens is 329 g/mol. The van der Waals surface area contributed by atoms with E-state index in [0.717, 1.165) is 19.2 Å². The van der Waals surface area contributed by atoms with Gasteiger partial charge in [-0.2, -0.15) is 4.31 Å². The van der Waals surface area contributed by atoms with Gasteiger partial charge in [-0.15, -0.1) is 0 Å². The molecule has 2 saturated heterocycles. The van der Waals surface area contributed by atoms with Gasteiger partial charge < -0.3 is 5.32 Å². The Balaban J connectivity index is 2.07. The fraction of sp³-hybridized carbons (Fsp3) is 0.471. The Morgan fingerprint density at radius 3 is 2.92 bits per heavy atom. The summed E-state index contributed by atoms with van der Waals surface area (Å²) in [5.41, 5.74) is 0.626. The van der Waals surface area contributed by atoms with E-state index >= 15 is 0 Å². The van der Waals surface area contributed by atoms with Gasteiger partial charge in [0.1, 0.15) is 5.83 Å². The second kappa shape index (κ2) is 6.38. The molecule has 0 unspecified atom stereocenters. The lowest BCUT2D eigenvalue weighted by molar-refractivity contribution is 0.373. The lowest BCUT2D eigenvalue weighted by Crippen LogP contribution is -2.42. The smallest absolute Gasteiger partial charge is 0.244 e. The van der Waals surface area contributed by atoms with E-state index < -0.39 is 15.9 Å². The zero-order valence-electron chi connectivity index (χ0n) is 13.9. The summed E-state index contributed by atoms with van der Waals surface area (Å²) in [5.74, 6) is -0.370. The molecule has 0 aromatic heterocycles. The molecule has 2 aliphatic heterocycles. The molecule has 0 radical (unpaired) electrons. The minimum atomic E-state index is -3.80. The van der Waals surface area contributed by atoms with Gasteiger partial charge in [-0.05, 0) is 51.1 Å². The number of fused-ring (bicyclic) bond motifs is 1. The van der Waals surface area contributed by atoms with Crippen molar-refractivity contribution in [3.05, 3.63) is 35.5 Å². The van der Waals surface area contributed by atoms with Crippen LogP contribution in [0.3, 0.4) is 0 Å². The van der Waals surface area contributed by atoms with Crippen molar-refractivity contribution in [1.29, 1.82) is 0 Å². The fourth-order valence-corrected chi connectivity index (χ4v) is 5.85. The molecule has 0 aliphatic carbocycles. The summed E-state index contributed by atoms with van der Waals surface area (Å²) in [6.07, 6.45) is 1.92. The van der Waals surface area contributed by atoms with Gasteiger partial charge >= 0.3 is 0 Å². The Kier molecular flexibility index (Phi) is 4.59. The minimum Gasteiger partial charge on any atom is -0.312 e. The summed E-state index contributed by atoms with van der Waals surface area (Å²) >= 11 is 0. The molecule has 2 aliphatic rings. The molecule has 130 valence electrons. The highest BCUT2D eigenvalue weighted by Gasteiger charge is 2.47. The molecule has 1 aromatic carbocycles. The van der Waals surface area contributed by atoms with Gasteiger partial charge in [0.05, 0.1) is 11.1 Å². The van der Waals surface area contributed by atoms with E-state index in [-0.39, 0.29) is 22.5 Å². The van der Waals surface area contributed by atoms with Gasteiger partial charge in [0.15, 0.2) is 0 Å². The van der Waals surface area contributed by atoms with Crippen LogP contribution in [0.2, 0.25) is 0 Å². The van der Waals surface area contributed by atoms with Crippen molar-refractivity contribution in [1.82, 2.24) is 9.62 Å². The number of nitrogens with zero attached hydrogens (tertiary/aromatic N) is 2. The second-order valence-corrected chi connectivity index (χ2v) is 8.31. The highest BCUT2D eigenvalue weighted by Crippen LogP contribution is 2.37. The van der Waals surface area contributed by atoms with Crippen LogP contribution >= 0.6 is 0 Å². The van der Waals surface area contributed by atoms with Crippen LogP contribution in [0.5, 0.6) is 0 Å². The molecule has 2 heterocycles. The molecule has 24 heavy (non-hydrogen) atoms. The first kappa shape index (κ1) is 17.3. The molecule has 2 fully saturated rings. The van der Waals surface area contributed by atoms with Crippen molar-refractivity contribution in [2.45, 2.75) is 37.2 Å². The number of sulfonamides is 1. The maximum Gasteiger partial charge on any atom is 0.244 e. The Morgan fingerprint density at radius 1 is 1.50 bits per heavy atom. The molecular formula is C17H22FN3O2S. The summed E-state index contributed by atoms with van der Waals surface area (Å²) in [5, 5.41) is 3.38. The second-order valence-electron chi connectivity index (χ2n) is 6.45. The molecule has 0 bridgehead atoms. The van der Waals surface area contributed by atoms with Crippen LogP contribution in [-0.4, -0.2) is 44.6 Å². The Morgan fingerprint density at radius 2 is 2.25 bits per heavy atom. The molecule has 3 atom stereocenters. The molecule has 0 spiro atoms. The van der Waals surface area contributed by atoms with Gasteiger partial charge in [0.2, 0.25) is 10.0 Å². The van der Waals surface area contributed by atoms with Gasteiger partial charge in [-0.25, -0.2) is 12.8 Å². The van der Waals surface area contributed by atoms with Gasteiger partial charge in [0, 0.05) is 24.2 Å². The summed E-state index contributed by atoms with van der Waals surface area (Å²) in [4.78, 5) is 3.42. The normalized spacial score (nSPS) is 28.1. The molecule has 0 saturated carbocycles. The molecule has 7 heteroatoms. The first-order chi connectivity index (χ1) is 11.4. The number of halogens is 1. The van der Waals surface area contributed by atoms with Crippen LogP contribution in [0.1, 0.15) is 24.5 Å². The third-order valence-corrected chi connectivity index (χ3v) is 7.05. The summed E-state index contributed by atoms with van der Waals surface area (Å²) < 4.78 is 42.4. The quantitative estimate of drug-likeness (QED) is 0.847. The number of aliphatic imine (C=N–C) groups is 1. The van der Waals surface area contributed by atoms with Crippen LogP contribution in [0, 0.1) is 12.8 Å². The standard InChI is InChI=1S/C17H22FN3O2S/c1-11-5-4-6-15(16(11)14(18)9-19-3)24(22,23)21-10-13-7-8-20-17(13)12(21)2/h4-6,9,12-13,17,20H,3,7-8,10H2,1-2H3/b14-9+/t12-,13+,17-/m0/s1. The Hall–Kier alpha value is -1.57. The summed E-state index contributed by atoms with van der Waals surface area (Å²) in [6, 6.07) is 4.81. The Labute approximate surface area is 142 Å². The van der Waals surface area contributed by atoms with Crippen molar-refractivity contribution in [2.75, 3.05) is 13.1 Å². The van der Waals surface area contributed by atoms with Gasteiger partial charge in [0.25, 0.3) is 0 Å². The van der Waals surface area contributed by atoms with E-state index in [4.69, 9.17) is 0 Å². The lowest BCUT2D eigenvalue weighted by atomic mass is 10.0. The van der Waals surface area contributed by atoms with Gasteiger partial charge in [-0.1, -0.05) is 12.1 Å². The third kappa shape index (κ3) is 2.70. The van der Waals surface area contributed by atoms with Gasteiger partial charge in [-0.3, -0.25) is 4.99 Å². The van der Waals surface area contributed by atoms with Crippen molar-refractivity contribution in [2.24, 2.45) is 10.9 Å². The predicted molar refractivity (Wildman–Crippen MR) is 93.1 cm³/mol. The van der Waals surface area contributed by atoms with E-state index in [0.29, 0.717) is 18.0 Å². The largest absolute Gasteiger partial charge is 0.312 e. The summed E-state index contributed by atoms with van der Waals surface area (Å²) in [6.45, 7) is 8.23. The minimum absolute atomic E-state index is 0.00766. The zero-order valence-corrected chi connectivity index (χ0v) is 14.7. The van der Waals surface area contributed by atoms with Crippen LogP contribution < -0.4 is 5.32 Å². The van der Waals surface area contributed by atoms with Crippen LogP contribution in [0.25, 0.3) is 5.83 Å². The van der Waals surface area contributed by atoms with E-state index in [2.05, 4.69) is 17.0 Å². The average Bonchev–Trinajstić information content (AvgIpc) is 3.10. The SMILES string of the molecule is C=N/C=C(/F)c1c(C)cccc1S(=O)(=O)N1C[C@H]2CCN[C@H]2[C@@H]1C. The van der Waals surface area contributed by atoms with E-state index in [1.54, 1.807) is 19.1 Å². The summed E-state index contributed by atoms with van der Waals surface area (Å²) in [7, 11) is -3.80. The molecule has 1 N–H and O–H groups in total. The molecule has 0 amide bonds. The molecule has 1 aromatic rings. The van der Waals surface area contributed by atoms with Crippen molar-refractivity contribution in [3.8, 4) is 0 Å². The van der Waals surface area contributed by atoms with Crippen LogP contribution in [-0.2, 0) is 10.0 Å². The van der Waals surface area contributed by atoms with Crippen molar-refractivity contribution < 1.29 is 12.8 Å². The molecule has 3 rings (SSSR count). The number of aryl methyl sites for hydroxylation is 1. The first-order valence-electron chi connectivity index (χ1n) is 8.04. The zero-order chi connectivity index (χ0) is 17.5. The lowest BCUT2D eigenvalue weighted by Gasteiger charge is -2.25. The number of hydrogen-bond donors (Lipinski definition) is 1. The van der Waals surface area contributed by atoms with Crippen molar-refractivity contribution in [3.63, 3.8) is 0 Å². The number of benzene rings is 1. The first-order valence-corrected chi connectivity index (χ1v) is 9.48. The maximum absolute atomic E-state index is 14.4. The van der Waals surface area contributed by atoms with Crippen LogP contribution in [0.4, 0.5) is 4.39 Å². The fourth-order valence-electron chi connectivity index (χ4n) is 3.88. The highest BCUT2D eigenvalue weighted by molar-refractivity contribution is 7.89. The third-order valence-electron chi connectivity index (χ3n) is 5.06. The highest BCUT2D eigenvalue weighted by atomic mass is 32.2. The predicted octanol–water partition coefficient (Wildman–Crippen LogP) is 2.33. The molecule has 5 nitrogen and oxygen atoms in total. The number of rotatable bonds is 4. The Bertz CT molecular complexity index is 791. The topological polar surface area (TPSA) is 61.8 Å². The van der Waals surface area contributed by atoms with Crippen LogP contribution in [0.15, 0.2) is 34.3 Å². The monoisotopic (exact) mass is 351 g/mol. The van der Waals surface area contributed by atoms with E-state index in [9.17, 15) is 12.8 Å². The van der Waals surface area contributed by atoms with E-state index in [1.807, 2.05) is 6.92 Å². The number of hydrogen-bond acceptors (Lipinski definition) is 4. The maximum atomic E-state index is 14.4.